The Kier molecular flexibility index (Phi) is 5.70. The Morgan fingerprint density at radius 3 is 2.34 bits per heavy atom. The number of nitro groups is 1. The third kappa shape index (κ3) is 3.95. The van der Waals surface area contributed by atoms with Crippen molar-refractivity contribution in [2.45, 2.75) is 12.0 Å². The molecule has 0 aliphatic carbocycles. The molecule has 0 aromatic heterocycles. The number of Topliss-reactive ketones (excluding diaryl/α,β-unsaturated/α-hetero) is 1. The number of non-ortho nitro benzene ring substituents is 1. The summed E-state index contributed by atoms with van der Waals surface area (Å²) in [5.74, 6) is -0.436. The van der Waals surface area contributed by atoms with Crippen LogP contribution in [0.3, 0.4) is 0 Å². The first kappa shape index (κ1) is 21.2. The Balaban J connectivity index is 1.53. The number of amides is 1. The fourth-order valence-electron chi connectivity index (χ4n) is 3.77. The summed E-state index contributed by atoms with van der Waals surface area (Å²) >= 11 is 0. The molecule has 3 aromatic carbocycles. The van der Waals surface area contributed by atoms with Crippen LogP contribution in [-0.2, 0) is 10.4 Å². The maximum absolute atomic E-state index is 13.2. The van der Waals surface area contributed by atoms with Crippen LogP contribution in [0.1, 0.15) is 22.3 Å². The molecule has 0 saturated heterocycles. The monoisotopic (exact) mass is 432 g/mol. The number of rotatable bonds is 8. The predicted molar refractivity (Wildman–Crippen MR) is 117 cm³/mol. The molecule has 32 heavy (non-hydrogen) atoms. The lowest BCUT2D eigenvalue weighted by atomic mass is 9.88. The lowest BCUT2D eigenvalue weighted by Gasteiger charge is -2.23. The van der Waals surface area contributed by atoms with Gasteiger partial charge in [-0.2, -0.15) is 0 Å². The van der Waals surface area contributed by atoms with Gasteiger partial charge in [-0.25, -0.2) is 0 Å². The molecule has 1 heterocycles. The van der Waals surface area contributed by atoms with Gasteiger partial charge in [-0.05, 0) is 30.3 Å². The van der Waals surface area contributed by atoms with E-state index < -0.39 is 28.6 Å². The quantitative estimate of drug-likeness (QED) is 0.332. The van der Waals surface area contributed by atoms with E-state index in [1.165, 1.54) is 29.2 Å². The normalized spacial score (nSPS) is 17.2. The molecular weight excluding hydrogens is 412 g/mol. The van der Waals surface area contributed by atoms with Crippen molar-refractivity contribution in [2.75, 3.05) is 18.1 Å². The van der Waals surface area contributed by atoms with Crippen LogP contribution in [-0.4, -0.2) is 34.9 Å². The largest absolute Gasteiger partial charge is 0.492 e. The summed E-state index contributed by atoms with van der Waals surface area (Å²) in [5, 5.41) is 22.1. The Labute approximate surface area is 183 Å². The number of para-hydroxylation sites is 2. The summed E-state index contributed by atoms with van der Waals surface area (Å²) in [7, 11) is 0. The first-order valence-electron chi connectivity index (χ1n) is 9.99. The summed E-state index contributed by atoms with van der Waals surface area (Å²) in [6.07, 6.45) is -0.475. The molecule has 4 rings (SSSR count). The number of nitro benzene ring substituents is 1. The number of carbonyl (C=O) groups is 2. The van der Waals surface area contributed by atoms with Gasteiger partial charge in [0.25, 0.3) is 11.6 Å². The van der Waals surface area contributed by atoms with Gasteiger partial charge in [0.15, 0.2) is 11.4 Å². The molecule has 0 spiro atoms. The van der Waals surface area contributed by atoms with Crippen molar-refractivity contribution in [3.63, 3.8) is 0 Å². The first-order valence-corrected chi connectivity index (χ1v) is 9.99. The number of hydrogen-bond donors (Lipinski definition) is 1. The minimum Gasteiger partial charge on any atom is -0.492 e. The molecule has 1 aliphatic rings. The average molecular weight is 432 g/mol. The minimum atomic E-state index is -2.03. The zero-order chi connectivity index (χ0) is 22.7. The topological polar surface area (TPSA) is 110 Å². The van der Waals surface area contributed by atoms with Gasteiger partial charge in [-0.3, -0.25) is 19.7 Å². The third-order valence-corrected chi connectivity index (χ3v) is 5.38. The zero-order valence-corrected chi connectivity index (χ0v) is 17.0. The fourth-order valence-corrected chi connectivity index (χ4v) is 3.77. The van der Waals surface area contributed by atoms with Crippen LogP contribution in [0.25, 0.3) is 0 Å². The van der Waals surface area contributed by atoms with Crippen molar-refractivity contribution >= 4 is 23.1 Å². The van der Waals surface area contributed by atoms with Crippen LogP contribution in [0, 0.1) is 10.1 Å². The van der Waals surface area contributed by atoms with Gasteiger partial charge >= 0.3 is 0 Å². The molecule has 0 bridgehead atoms. The number of benzene rings is 3. The number of nitrogens with zero attached hydrogens (tertiary/aromatic N) is 2. The molecule has 1 aliphatic heterocycles. The standard InChI is InChI=1S/C24H20N2O6/c27-22(17-10-12-18(13-11-17)26(30)31)16-24(29)20-8-4-5-9-21(20)25(23(24)28)14-15-32-19-6-2-1-3-7-19/h1-13,29H,14-16H2. The lowest BCUT2D eigenvalue weighted by molar-refractivity contribution is -0.384. The van der Waals surface area contributed by atoms with Crippen LogP contribution in [0.15, 0.2) is 78.9 Å². The number of ether oxygens (including phenoxy) is 1. The Bertz CT molecular complexity index is 1160. The Morgan fingerprint density at radius 1 is 1.00 bits per heavy atom. The highest BCUT2D eigenvalue weighted by Crippen LogP contribution is 2.42. The van der Waals surface area contributed by atoms with E-state index in [-0.39, 0.29) is 24.4 Å². The molecule has 1 amide bonds. The zero-order valence-electron chi connectivity index (χ0n) is 17.0. The molecule has 1 atom stereocenters. The molecule has 0 fully saturated rings. The van der Waals surface area contributed by atoms with E-state index in [2.05, 4.69) is 0 Å². The fraction of sp³-hybridized carbons (Fsp3) is 0.167. The molecule has 8 heteroatoms. The van der Waals surface area contributed by atoms with Gasteiger partial charge in [0.1, 0.15) is 12.4 Å². The molecule has 0 saturated carbocycles. The van der Waals surface area contributed by atoms with E-state index in [4.69, 9.17) is 4.74 Å². The van der Waals surface area contributed by atoms with Gasteiger partial charge in [0.05, 0.1) is 23.6 Å². The number of hydrogen-bond acceptors (Lipinski definition) is 6. The molecule has 162 valence electrons. The van der Waals surface area contributed by atoms with Crippen molar-refractivity contribution in [1.29, 1.82) is 0 Å². The number of carbonyl (C=O) groups excluding carboxylic acids is 2. The molecule has 3 aromatic rings. The lowest BCUT2D eigenvalue weighted by Crippen LogP contribution is -2.43. The minimum absolute atomic E-state index is 0.146. The molecule has 0 radical (unpaired) electrons. The second-order valence-corrected chi connectivity index (χ2v) is 7.40. The summed E-state index contributed by atoms with van der Waals surface area (Å²) in [6.45, 7) is 0.398. The van der Waals surface area contributed by atoms with Gasteiger partial charge in [-0.1, -0.05) is 36.4 Å². The number of anilines is 1. The van der Waals surface area contributed by atoms with Gasteiger partial charge in [0.2, 0.25) is 0 Å². The second-order valence-electron chi connectivity index (χ2n) is 7.40. The van der Waals surface area contributed by atoms with E-state index in [0.29, 0.717) is 17.0 Å². The summed E-state index contributed by atoms with van der Waals surface area (Å²) in [6, 6.07) is 21.0. The van der Waals surface area contributed by atoms with Crippen LogP contribution in [0.5, 0.6) is 5.75 Å². The molecular formula is C24H20N2O6. The van der Waals surface area contributed by atoms with Crippen molar-refractivity contribution < 1.29 is 24.4 Å². The number of fused-ring (bicyclic) bond motifs is 1. The van der Waals surface area contributed by atoms with Crippen molar-refractivity contribution in [3.05, 3.63) is 100 Å². The summed E-state index contributed by atoms with van der Waals surface area (Å²) in [5.41, 5.74) is -1.12. The highest BCUT2D eigenvalue weighted by atomic mass is 16.6. The van der Waals surface area contributed by atoms with E-state index in [1.54, 1.807) is 36.4 Å². The third-order valence-electron chi connectivity index (χ3n) is 5.38. The van der Waals surface area contributed by atoms with Crippen molar-refractivity contribution in [3.8, 4) is 5.75 Å². The Hall–Kier alpha value is -4.04. The van der Waals surface area contributed by atoms with Crippen molar-refractivity contribution in [2.24, 2.45) is 0 Å². The van der Waals surface area contributed by atoms with Crippen LogP contribution in [0.2, 0.25) is 0 Å². The number of aliphatic hydroxyl groups is 1. The Morgan fingerprint density at radius 2 is 1.66 bits per heavy atom. The van der Waals surface area contributed by atoms with Gasteiger partial charge < -0.3 is 14.7 Å². The van der Waals surface area contributed by atoms with E-state index in [0.717, 1.165) is 0 Å². The van der Waals surface area contributed by atoms with Gasteiger partial charge in [-0.15, -0.1) is 0 Å². The number of ketones is 1. The van der Waals surface area contributed by atoms with E-state index >= 15 is 0 Å². The summed E-state index contributed by atoms with van der Waals surface area (Å²) in [4.78, 5) is 37.7. The van der Waals surface area contributed by atoms with Crippen LogP contribution >= 0.6 is 0 Å². The average Bonchev–Trinajstić information content (AvgIpc) is 3.01. The smallest absolute Gasteiger partial charge is 0.269 e. The maximum atomic E-state index is 13.2. The molecule has 1 N–H and O–H groups in total. The molecule has 8 nitrogen and oxygen atoms in total. The van der Waals surface area contributed by atoms with Crippen molar-refractivity contribution in [1.82, 2.24) is 0 Å². The van der Waals surface area contributed by atoms with E-state index in [9.17, 15) is 24.8 Å². The van der Waals surface area contributed by atoms with Crippen LogP contribution in [0.4, 0.5) is 11.4 Å². The van der Waals surface area contributed by atoms with E-state index in [1.807, 2.05) is 18.2 Å². The van der Waals surface area contributed by atoms with Crippen LogP contribution < -0.4 is 9.64 Å². The predicted octanol–water partition coefficient (Wildman–Crippen LogP) is 3.48. The van der Waals surface area contributed by atoms with Gasteiger partial charge in [0, 0.05) is 23.3 Å². The molecule has 1 unspecified atom stereocenters. The highest BCUT2D eigenvalue weighted by Gasteiger charge is 2.50. The SMILES string of the molecule is O=C(CC1(O)C(=O)N(CCOc2ccccc2)c2ccccc21)c1ccc([N+](=O)[O-])cc1. The highest BCUT2D eigenvalue weighted by molar-refractivity contribution is 6.10. The maximum Gasteiger partial charge on any atom is 0.269 e. The summed E-state index contributed by atoms with van der Waals surface area (Å²) < 4.78 is 5.68. The first-order chi connectivity index (χ1) is 15.4. The second kappa shape index (κ2) is 8.60.